The molecule has 2 rings (SSSR count). The standard InChI is InChI=1S/C12H13F3N4/c1-7-8(2)19(6-17-7)11-5-9(12(13,14)15)4-10(16-3)18-11/h4-6H,1-3H3,(H,16,18). The number of pyridine rings is 1. The summed E-state index contributed by atoms with van der Waals surface area (Å²) in [6.45, 7) is 3.57. The minimum atomic E-state index is -4.41. The van der Waals surface area contributed by atoms with Crippen molar-refractivity contribution in [3.8, 4) is 5.82 Å². The van der Waals surface area contributed by atoms with E-state index >= 15 is 0 Å². The second-order valence-electron chi connectivity index (χ2n) is 4.13. The average Bonchev–Trinajstić information content (AvgIpc) is 2.68. The molecule has 1 N–H and O–H groups in total. The van der Waals surface area contributed by atoms with E-state index < -0.39 is 11.7 Å². The lowest BCUT2D eigenvalue weighted by Gasteiger charge is -2.12. The summed E-state index contributed by atoms with van der Waals surface area (Å²) in [7, 11) is 1.53. The second-order valence-corrected chi connectivity index (χ2v) is 4.13. The minimum absolute atomic E-state index is 0.163. The topological polar surface area (TPSA) is 42.7 Å². The maximum Gasteiger partial charge on any atom is 0.416 e. The van der Waals surface area contributed by atoms with Gasteiger partial charge in [0.25, 0.3) is 0 Å². The third-order valence-electron chi connectivity index (χ3n) is 2.89. The third-order valence-corrected chi connectivity index (χ3v) is 2.89. The van der Waals surface area contributed by atoms with Crippen LogP contribution in [0.25, 0.3) is 5.82 Å². The molecule has 0 aliphatic rings. The van der Waals surface area contributed by atoms with Gasteiger partial charge in [-0.1, -0.05) is 0 Å². The number of anilines is 1. The van der Waals surface area contributed by atoms with Crippen molar-refractivity contribution < 1.29 is 13.2 Å². The van der Waals surface area contributed by atoms with Crippen LogP contribution < -0.4 is 5.32 Å². The van der Waals surface area contributed by atoms with Crippen LogP contribution in [0.5, 0.6) is 0 Å². The summed E-state index contributed by atoms with van der Waals surface area (Å²) in [5.41, 5.74) is 0.770. The molecule has 102 valence electrons. The van der Waals surface area contributed by atoms with Crippen LogP contribution in [-0.2, 0) is 6.18 Å². The van der Waals surface area contributed by atoms with E-state index in [2.05, 4.69) is 15.3 Å². The summed E-state index contributed by atoms with van der Waals surface area (Å²) >= 11 is 0. The van der Waals surface area contributed by atoms with Gasteiger partial charge in [-0.2, -0.15) is 13.2 Å². The first-order valence-corrected chi connectivity index (χ1v) is 5.61. The van der Waals surface area contributed by atoms with Crippen LogP contribution in [0.15, 0.2) is 18.5 Å². The van der Waals surface area contributed by atoms with E-state index in [0.29, 0.717) is 0 Å². The molecule has 0 atom stereocenters. The van der Waals surface area contributed by atoms with Gasteiger partial charge in [0.05, 0.1) is 11.3 Å². The van der Waals surface area contributed by atoms with Gasteiger partial charge in [0, 0.05) is 12.7 Å². The Kier molecular flexibility index (Phi) is 3.21. The fraction of sp³-hybridized carbons (Fsp3) is 0.333. The minimum Gasteiger partial charge on any atom is -0.373 e. The van der Waals surface area contributed by atoms with Crippen LogP contribution in [0, 0.1) is 13.8 Å². The molecule has 0 radical (unpaired) electrons. The van der Waals surface area contributed by atoms with Crippen LogP contribution in [0.1, 0.15) is 17.0 Å². The Morgan fingerprint density at radius 3 is 2.37 bits per heavy atom. The van der Waals surface area contributed by atoms with Crippen LogP contribution in [-0.4, -0.2) is 21.6 Å². The smallest absolute Gasteiger partial charge is 0.373 e. The van der Waals surface area contributed by atoms with E-state index in [9.17, 15) is 13.2 Å². The lowest BCUT2D eigenvalue weighted by atomic mass is 10.2. The fourth-order valence-electron chi connectivity index (χ4n) is 1.66. The monoisotopic (exact) mass is 270 g/mol. The van der Waals surface area contributed by atoms with Crippen LogP contribution in [0.4, 0.5) is 19.0 Å². The number of halogens is 3. The van der Waals surface area contributed by atoms with Gasteiger partial charge in [0.1, 0.15) is 18.0 Å². The molecule has 0 amide bonds. The molecule has 0 aromatic carbocycles. The highest BCUT2D eigenvalue weighted by atomic mass is 19.4. The van der Waals surface area contributed by atoms with Crippen LogP contribution in [0.2, 0.25) is 0 Å². The number of imidazole rings is 1. The Bertz CT molecular complexity index is 602. The summed E-state index contributed by atoms with van der Waals surface area (Å²) in [5, 5.41) is 2.63. The lowest BCUT2D eigenvalue weighted by molar-refractivity contribution is -0.137. The van der Waals surface area contributed by atoms with Crippen LogP contribution >= 0.6 is 0 Å². The third kappa shape index (κ3) is 2.54. The summed E-state index contributed by atoms with van der Waals surface area (Å²) in [4.78, 5) is 8.18. The van der Waals surface area contributed by atoms with Crippen molar-refractivity contribution in [3.63, 3.8) is 0 Å². The summed E-state index contributed by atoms with van der Waals surface area (Å²) in [6.07, 6.45) is -2.95. The number of nitrogens with one attached hydrogen (secondary N) is 1. The van der Waals surface area contributed by atoms with E-state index in [0.717, 1.165) is 23.5 Å². The quantitative estimate of drug-likeness (QED) is 0.912. The Labute approximate surface area is 108 Å². The zero-order valence-electron chi connectivity index (χ0n) is 10.7. The van der Waals surface area contributed by atoms with Gasteiger partial charge in [0.2, 0.25) is 0 Å². The molecular formula is C12H13F3N4. The van der Waals surface area contributed by atoms with Gasteiger partial charge < -0.3 is 5.32 Å². The van der Waals surface area contributed by atoms with E-state index in [1.54, 1.807) is 13.8 Å². The molecule has 19 heavy (non-hydrogen) atoms. The molecule has 2 aromatic rings. The number of alkyl halides is 3. The van der Waals surface area contributed by atoms with Gasteiger partial charge in [-0.15, -0.1) is 0 Å². The zero-order chi connectivity index (χ0) is 14.2. The molecule has 2 heterocycles. The molecule has 0 aliphatic carbocycles. The number of nitrogens with zero attached hydrogens (tertiary/aromatic N) is 3. The second kappa shape index (κ2) is 4.56. The Morgan fingerprint density at radius 2 is 1.89 bits per heavy atom. The molecule has 0 saturated carbocycles. The fourth-order valence-corrected chi connectivity index (χ4v) is 1.66. The first-order chi connectivity index (χ1) is 8.82. The number of hydrogen-bond acceptors (Lipinski definition) is 3. The zero-order valence-corrected chi connectivity index (χ0v) is 10.7. The van der Waals surface area contributed by atoms with Crippen molar-refractivity contribution in [2.24, 2.45) is 0 Å². The number of aromatic nitrogens is 3. The van der Waals surface area contributed by atoms with Gasteiger partial charge in [-0.05, 0) is 26.0 Å². The average molecular weight is 270 g/mol. The number of aryl methyl sites for hydroxylation is 1. The highest BCUT2D eigenvalue weighted by Crippen LogP contribution is 2.31. The predicted octanol–water partition coefficient (Wildman–Crippen LogP) is 2.94. The highest BCUT2D eigenvalue weighted by molar-refractivity contribution is 5.45. The lowest BCUT2D eigenvalue weighted by Crippen LogP contribution is -2.10. The molecule has 7 heteroatoms. The van der Waals surface area contributed by atoms with Crippen molar-refractivity contribution in [3.05, 3.63) is 35.4 Å². The van der Waals surface area contributed by atoms with Crippen LogP contribution in [0.3, 0.4) is 0 Å². The first-order valence-electron chi connectivity index (χ1n) is 5.61. The molecular weight excluding hydrogens is 257 g/mol. The Hall–Kier alpha value is -2.05. The van der Waals surface area contributed by atoms with Crippen molar-refractivity contribution in [2.75, 3.05) is 12.4 Å². The SMILES string of the molecule is CNc1cc(C(F)(F)F)cc(-n2cnc(C)c2C)n1. The van der Waals surface area contributed by atoms with Crippen molar-refractivity contribution in [1.82, 2.24) is 14.5 Å². The van der Waals surface area contributed by atoms with Gasteiger partial charge >= 0.3 is 6.18 Å². The summed E-state index contributed by atoms with van der Waals surface area (Å²) in [6, 6.07) is 1.98. The Balaban J connectivity index is 2.61. The van der Waals surface area contributed by atoms with Gasteiger partial charge in [-0.3, -0.25) is 4.57 Å². The van der Waals surface area contributed by atoms with Gasteiger partial charge in [-0.25, -0.2) is 9.97 Å². The van der Waals surface area contributed by atoms with Crippen molar-refractivity contribution >= 4 is 5.82 Å². The summed E-state index contributed by atoms with van der Waals surface area (Å²) in [5.74, 6) is 0.354. The van der Waals surface area contributed by atoms with E-state index in [1.807, 2.05) is 0 Å². The molecule has 0 fully saturated rings. The van der Waals surface area contributed by atoms with Crippen molar-refractivity contribution in [1.29, 1.82) is 0 Å². The summed E-state index contributed by atoms with van der Waals surface area (Å²) < 4.78 is 40.0. The molecule has 0 aliphatic heterocycles. The molecule has 4 nitrogen and oxygen atoms in total. The normalized spacial score (nSPS) is 11.7. The maximum absolute atomic E-state index is 12.8. The first kappa shape index (κ1) is 13.4. The van der Waals surface area contributed by atoms with E-state index in [4.69, 9.17) is 0 Å². The molecule has 0 bridgehead atoms. The number of rotatable bonds is 2. The van der Waals surface area contributed by atoms with E-state index in [1.165, 1.54) is 17.9 Å². The van der Waals surface area contributed by atoms with E-state index in [-0.39, 0.29) is 11.6 Å². The largest absolute Gasteiger partial charge is 0.416 e. The highest BCUT2D eigenvalue weighted by Gasteiger charge is 2.31. The predicted molar refractivity (Wildman–Crippen MR) is 65.4 cm³/mol. The number of hydrogen-bond donors (Lipinski definition) is 1. The van der Waals surface area contributed by atoms with Crippen molar-refractivity contribution in [2.45, 2.75) is 20.0 Å². The molecule has 0 unspecified atom stereocenters. The van der Waals surface area contributed by atoms with Gasteiger partial charge in [0.15, 0.2) is 0 Å². The molecule has 0 spiro atoms. The molecule has 0 saturated heterocycles. The maximum atomic E-state index is 12.8. The molecule has 2 aromatic heterocycles. The Morgan fingerprint density at radius 1 is 1.21 bits per heavy atom.